The van der Waals surface area contributed by atoms with Gasteiger partial charge in [-0.2, -0.15) is 0 Å². The summed E-state index contributed by atoms with van der Waals surface area (Å²) >= 11 is 1.50. The van der Waals surface area contributed by atoms with Gasteiger partial charge >= 0.3 is 0 Å². The summed E-state index contributed by atoms with van der Waals surface area (Å²) in [7, 11) is 1.93. The number of nitrogens with zero attached hydrogens (tertiary/aromatic N) is 2. The van der Waals surface area contributed by atoms with E-state index in [4.69, 9.17) is 4.74 Å². The Morgan fingerprint density at radius 3 is 3.27 bits per heavy atom. The summed E-state index contributed by atoms with van der Waals surface area (Å²) < 4.78 is 7.11. The van der Waals surface area contributed by atoms with Crippen LogP contribution >= 0.6 is 11.8 Å². The highest BCUT2D eigenvalue weighted by atomic mass is 32.2. The third-order valence-electron chi connectivity index (χ3n) is 2.51. The van der Waals surface area contributed by atoms with Crippen LogP contribution in [-0.2, 0) is 16.6 Å². The van der Waals surface area contributed by atoms with E-state index in [1.165, 1.54) is 11.8 Å². The van der Waals surface area contributed by atoms with Gasteiger partial charge in [0, 0.05) is 32.0 Å². The van der Waals surface area contributed by atoms with E-state index in [0.717, 1.165) is 18.2 Å². The minimum absolute atomic E-state index is 0.109. The third kappa shape index (κ3) is 2.60. The Labute approximate surface area is 93.0 Å². The topological polar surface area (TPSA) is 44.1 Å². The second-order valence-electron chi connectivity index (χ2n) is 3.64. The highest BCUT2D eigenvalue weighted by Gasteiger charge is 2.23. The van der Waals surface area contributed by atoms with Crippen LogP contribution in [0.5, 0.6) is 0 Å². The summed E-state index contributed by atoms with van der Waals surface area (Å²) in [6.45, 7) is 1.32. The predicted molar refractivity (Wildman–Crippen MR) is 57.9 cm³/mol. The molecule has 2 heterocycles. The molecule has 2 rings (SSSR count). The average molecular weight is 226 g/mol. The second kappa shape index (κ2) is 4.81. The minimum atomic E-state index is 0.109. The Morgan fingerprint density at radius 2 is 2.67 bits per heavy atom. The van der Waals surface area contributed by atoms with Crippen molar-refractivity contribution in [1.29, 1.82) is 0 Å². The Hall–Kier alpha value is -0.810. The number of ether oxygens (including phenoxy) is 1. The molecule has 1 aromatic rings. The van der Waals surface area contributed by atoms with Crippen molar-refractivity contribution in [3.63, 3.8) is 0 Å². The van der Waals surface area contributed by atoms with Crippen molar-refractivity contribution in [1.82, 2.24) is 9.55 Å². The zero-order valence-corrected chi connectivity index (χ0v) is 9.50. The summed E-state index contributed by atoms with van der Waals surface area (Å²) in [5.41, 5.74) is 0. The molecule has 0 saturated carbocycles. The number of aryl methyl sites for hydroxylation is 1. The number of rotatable bonds is 4. The van der Waals surface area contributed by atoms with Crippen molar-refractivity contribution in [2.75, 3.05) is 19.0 Å². The zero-order valence-electron chi connectivity index (χ0n) is 8.68. The molecular weight excluding hydrogens is 212 g/mol. The van der Waals surface area contributed by atoms with Crippen LogP contribution in [0.15, 0.2) is 17.6 Å². The van der Waals surface area contributed by atoms with Gasteiger partial charge in [-0.3, -0.25) is 4.79 Å². The summed E-state index contributed by atoms with van der Waals surface area (Å²) in [5.74, 6) is 0.886. The molecule has 5 heteroatoms. The Morgan fingerprint density at radius 1 is 1.80 bits per heavy atom. The average Bonchev–Trinajstić information content (AvgIpc) is 2.85. The summed E-state index contributed by atoms with van der Waals surface area (Å²) in [5, 5.41) is 0.891. The zero-order chi connectivity index (χ0) is 10.7. The molecular formula is C10H14N2O2S. The molecule has 1 aliphatic rings. The molecule has 0 aromatic carbocycles. The van der Waals surface area contributed by atoms with Crippen LogP contribution in [0.2, 0.25) is 0 Å². The number of hydrogen-bond acceptors (Lipinski definition) is 4. The van der Waals surface area contributed by atoms with E-state index < -0.39 is 0 Å². The molecule has 1 atom stereocenters. The fraction of sp³-hybridized carbons (Fsp3) is 0.600. The maximum absolute atomic E-state index is 11.7. The lowest BCUT2D eigenvalue weighted by molar-refractivity contribution is -0.120. The highest BCUT2D eigenvalue weighted by Crippen LogP contribution is 2.19. The van der Waals surface area contributed by atoms with Crippen molar-refractivity contribution in [2.24, 2.45) is 13.0 Å². The van der Waals surface area contributed by atoms with Gasteiger partial charge in [0.05, 0.1) is 12.4 Å². The maximum atomic E-state index is 11.7. The van der Waals surface area contributed by atoms with Crippen LogP contribution in [-0.4, -0.2) is 34.3 Å². The number of carbonyl (C=O) groups is 1. The number of carbonyl (C=O) groups excluding carboxylic acids is 1. The summed E-state index contributed by atoms with van der Waals surface area (Å²) in [6.07, 6.45) is 4.50. The number of aromatic nitrogens is 2. The lowest BCUT2D eigenvalue weighted by atomic mass is 10.1. The largest absolute Gasteiger partial charge is 0.381 e. The van der Waals surface area contributed by atoms with E-state index in [-0.39, 0.29) is 11.7 Å². The molecule has 4 nitrogen and oxygen atoms in total. The van der Waals surface area contributed by atoms with Gasteiger partial charge in [0.2, 0.25) is 0 Å². The normalized spacial score (nSPS) is 20.7. The molecule has 0 spiro atoms. The smallest absolute Gasteiger partial charge is 0.168 e. The van der Waals surface area contributed by atoms with Crippen LogP contribution in [0.25, 0.3) is 0 Å². The molecule has 0 bridgehead atoms. The van der Waals surface area contributed by atoms with Gasteiger partial charge in [-0.15, -0.1) is 0 Å². The second-order valence-corrected chi connectivity index (χ2v) is 4.58. The van der Waals surface area contributed by atoms with Crippen LogP contribution in [0.1, 0.15) is 6.42 Å². The maximum Gasteiger partial charge on any atom is 0.168 e. The minimum Gasteiger partial charge on any atom is -0.381 e. The van der Waals surface area contributed by atoms with Gasteiger partial charge in [0.15, 0.2) is 5.16 Å². The lowest BCUT2D eigenvalue weighted by Crippen LogP contribution is -2.16. The van der Waals surface area contributed by atoms with Gasteiger partial charge in [0.1, 0.15) is 5.78 Å². The molecule has 1 aromatic heterocycles. The molecule has 0 aliphatic carbocycles. The number of hydrogen-bond donors (Lipinski definition) is 0. The molecule has 0 radical (unpaired) electrons. The van der Waals surface area contributed by atoms with Crippen LogP contribution < -0.4 is 0 Å². The van der Waals surface area contributed by atoms with E-state index >= 15 is 0 Å². The molecule has 1 saturated heterocycles. The first-order valence-electron chi connectivity index (χ1n) is 4.98. The van der Waals surface area contributed by atoms with Gasteiger partial charge in [-0.1, -0.05) is 11.8 Å². The van der Waals surface area contributed by atoms with Gasteiger partial charge in [-0.25, -0.2) is 4.98 Å². The first-order chi connectivity index (χ1) is 7.27. The van der Waals surface area contributed by atoms with Crippen molar-refractivity contribution in [2.45, 2.75) is 11.6 Å². The molecule has 1 fully saturated rings. The highest BCUT2D eigenvalue weighted by molar-refractivity contribution is 7.99. The van der Waals surface area contributed by atoms with E-state index in [0.29, 0.717) is 12.4 Å². The van der Waals surface area contributed by atoms with Gasteiger partial charge in [-0.05, 0) is 6.42 Å². The van der Waals surface area contributed by atoms with Crippen molar-refractivity contribution < 1.29 is 9.53 Å². The van der Waals surface area contributed by atoms with E-state index in [9.17, 15) is 4.79 Å². The first kappa shape index (κ1) is 10.7. The predicted octanol–water partition coefficient (Wildman–Crippen LogP) is 1.12. The molecule has 15 heavy (non-hydrogen) atoms. The summed E-state index contributed by atoms with van der Waals surface area (Å²) in [6, 6.07) is 0. The molecule has 1 unspecified atom stereocenters. The van der Waals surface area contributed by atoms with Gasteiger partial charge in [0.25, 0.3) is 0 Å². The van der Waals surface area contributed by atoms with E-state index in [1.807, 2.05) is 17.8 Å². The van der Waals surface area contributed by atoms with Crippen LogP contribution in [0, 0.1) is 5.92 Å². The number of imidazole rings is 1. The molecule has 0 N–H and O–H groups in total. The fourth-order valence-corrected chi connectivity index (χ4v) is 2.44. The Kier molecular flexibility index (Phi) is 3.43. The van der Waals surface area contributed by atoms with Crippen molar-refractivity contribution >= 4 is 17.5 Å². The Balaban J connectivity index is 1.83. The quantitative estimate of drug-likeness (QED) is 0.722. The first-order valence-corrected chi connectivity index (χ1v) is 5.96. The van der Waals surface area contributed by atoms with E-state index in [1.54, 1.807) is 6.20 Å². The number of ketones is 1. The number of thioether (sulfide) groups is 1. The van der Waals surface area contributed by atoms with Crippen molar-refractivity contribution in [3.8, 4) is 0 Å². The monoisotopic (exact) mass is 226 g/mol. The summed E-state index contributed by atoms with van der Waals surface area (Å²) in [4.78, 5) is 15.9. The van der Waals surface area contributed by atoms with Crippen LogP contribution in [0.3, 0.4) is 0 Å². The number of Topliss-reactive ketones (excluding diaryl/α,β-unsaturated/α-hetero) is 1. The fourth-order valence-electron chi connectivity index (χ4n) is 1.53. The molecule has 82 valence electrons. The van der Waals surface area contributed by atoms with Crippen molar-refractivity contribution in [3.05, 3.63) is 12.4 Å². The SMILES string of the molecule is Cn1ccnc1SCC(=O)C1CCOC1. The van der Waals surface area contributed by atoms with E-state index in [2.05, 4.69) is 4.98 Å². The lowest BCUT2D eigenvalue weighted by Gasteiger charge is -2.05. The standard InChI is InChI=1S/C10H14N2O2S/c1-12-4-3-11-10(12)15-7-9(13)8-2-5-14-6-8/h3-4,8H,2,5-7H2,1H3. The van der Waals surface area contributed by atoms with Crippen LogP contribution in [0.4, 0.5) is 0 Å². The third-order valence-corrected chi connectivity index (χ3v) is 3.59. The molecule has 0 amide bonds. The molecule has 1 aliphatic heterocycles. The van der Waals surface area contributed by atoms with Gasteiger partial charge < -0.3 is 9.30 Å². The Bertz CT molecular complexity index is 345.